The van der Waals surface area contributed by atoms with Crippen molar-refractivity contribution < 1.29 is 4.92 Å². The average molecular weight is 272 g/mol. The number of benzene rings is 1. The van der Waals surface area contributed by atoms with E-state index in [-0.39, 0.29) is 17.3 Å². The zero-order valence-electron chi connectivity index (χ0n) is 11.1. The highest BCUT2D eigenvalue weighted by Gasteiger charge is 2.38. The summed E-state index contributed by atoms with van der Waals surface area (Å²) in [5.41, 5.74) is 0.473. The number of hydrogen-bond acceptors (Lipinski definition) is 5. The third-order valence-electron chi connectivity index (χ3n) is 4.29. The van der Waals surface area contributed by atoms with Crippen LogP contribution in [0.15, 0.2) is 18.2 Å². The van der Waals surface area contributed by atoms with E-state index in [1.807, 2.05) is 6.07 Å². The SMILES string of the molecule is N#Cc1cccc(NC2CCN3CCCC23)c1[N+](=O)[O-]. The van der Waals surface area contributed by atoms with Gasteiger partial charge in [-0.15, -0.1) is 0 Å². The van der Waals surface area contributed by atoms with Gasteiger partial charge in [0.25, 0.3) is 0 Å². The average Bonchev–Trinajstić information content (AvgIpc) is 3.03. The summed E-state index contributed by atoms with van der Waals surface area (Å²) in [6, 6.07) is 7.48. The van der Waals surface area contributed by atoms with Gasteiger partial charge < -0.3 is 5.32 Å². The van der Waals surface area contributed by atoms with Gasteiger partial charge in [0.2, 0.25) is 0 Å². The molecular formula is C14H16N4O2. The van der Waals surface area contributed by atoms with Crippen LogP contribution in [0.5, 0.6) is 0 Å². The number of para-hydroxylation sites is 1. The summed E-state index contributed by atoms with van der Waals surface area (Å²) < 4.78 is 0. The van der Waals surface area contributed by atoms with Crippen molar-refractivity contribution in [2.24, 2.45) is 0 Å². The smallest absolute Gasteiger partial charge is 0.309 e. The Bertz CT molecular complexity index is 581. The van der Waals surface area contributed by atoms with E-state index >= 15 is 0 Å². The molecule has 2 heterocycles. The zero-order valence-corrected chi connectivity index (χ0v) is 11.1. The third-order valence-corrected chi connectivity index (χ3v) is 4.29. The van der Waals surface area contributed by atoms with Crippen molar-refractivity contribution >= 4 is 11.4 Å². The highest BCUT2D eigenvalue weighted by Crippen LogP contribution is 2.34. The van der Waals surface area contributed by atoms with E-state index in [4.69, 9.17) is 5.26 Å². The van der Waals surface area contributed by atoms with E-state index in [0.717, 1.165) is 25.9 Å². The van der Waals surface area contributed by atoms with Gasteiger partial charge in [0.15, 0.2) is 0 Å². The van der Waals surface area contributed by atoms with Crippen LogP contribution in [0.25, 0.3) is 0 Å². The van der Waals surface area contributed by atoms with Crippen molar-refractivity contribution in [1.29, 1.82) is 5.26 Å². The minimum Gasteiger partial charge on any atom is -0.375 e. The minimum atomic E-state index is -0.470. The van der Waals surface area contributed by atoms with E-state index < -0.39 is 4.92 Å². The second-order valence-corrected chi connectivity index (χ2v) is 5.36. The van der Waals surface area contributed by atoms with Crippen LogP contribution in [0.1, 0.15) is 24.8 Å². The summed E-state index contributed by atoms with van der Waals surface area (Å²) in [4.78, 5) is 13.2. The van der Waals surface area contributed by atoms with Crippen LogP contribution in [-0.2, 0) is 0 Å². The normalized spacial score (nSPS) is 25.1. The van der Waals surface area contributed by atoms with E-state index in [9.17, 15) is 10.1 Å². The van der Waals surface area contributed by atoms with Crippen LogP contribution in [0.3, 0.4) is 0 Å². The number of nitro groups is 1. The molecule has 2 aliphatic heterocycles. The van der Waals surface area contributed by atoms with Crippen LogP contribution in [0.4, 0.5) is 11.4 Å². The van der Waals surface area contributed by atoms with Crippen molar-refractivity contribution in [3.8, 4) is 6.07 Å². The number of nitrogens with zero attached hydrogens (tertiary/aromatic N) is 3. The van der Waals surface area contributed by atoms with E-state index in [2.05, 4.69) is 10.2 Å². The molecule has 2 unspecified atom stereocenters. The Balaban J connectivity index is 1.88. The molecule has 2 atom stereocenters. The first-order valence-electron chi connectivity index (χ1n) is 6.89. The van der Waals surface area contributed by atoms with Gasteiger partial charge in [-0.05, 0) is 37.9 Å². The minimum absolute atomic E-state index is 0.105. The quantitative estimate of drug-likeness (QED) is 0.673. The fraction of sp³-hybridized carbons (Fsp3) is 0.500. The molecule has 20 heavy (non-hydrogen) atoms. The molecule has 0 aliphatic carbocycles. The second kappa shape index (κ2) is 5.10. The molecule has 104 valence electrons. The molecule has 6 heteroatoms. The van der Waals surface area contributed by atoms with Crippen LogP contribution in [0.2, 0.25) is 0 Å². The fourth-order valence-corrected chi connectivity index (χ4v) is 3.40. The van der Waals surface area contributed by atoms with Crippen molar-refractivity contribution in [1.82, 2.24) is 4.90 Å². The van der Waals surface area contributed by atoms with Gasteiger partial charge in [-0.25, -0.2) is 0 Å². The van der Waals surface area contributed by atoms with Crippen molar-refractivity contribution in [3.05, 3.63) is 33.9 Å². The maximum absolute atomic E-state index is 11.2. The Morgan fingerprint density at radius 3 is 3.00 bits per heavy atom. The Kier molecular flexibility index (Phi) is 3.28. The maximum Gasteiger partial charge on any atom is 0.309 e. The molecule has 2 fully saturated rings. The molecule has 0 saturated carbocycles. The maximum atomic E-state index is 11.2. The summed E-state index contributed by atoms with van der Waals surface area (Å²) in [5.74, 6) is 0. The Morgan fingerprint density at radius 1 is 1.40 bits per heavy atom. The van der Waals surface area contributed by atoms with Gasteiger partial charge in [0.1, 0.15) is 17.3 Å². The molecular weight excluding hydrogens is 256 g/mol. The van der Waals surface area contributed by atoms with E-state index in [1.165, 1.54) is 12.5 Å². The molecule has 6 nitrogen and oxygen atoms in total. The number of anilines is 1. The monoisotopic (exact) mass is 272 g/mol. The Labute approximate surface area is 117 Å². The molecule has 0 spiro atoms. The number of nitrogens with one attached hydrogen (secondary N) is 1. The van der Waals surface area contributed by atoms with Crippen LogP contribution < -0.4 is 5.32 Å². The summed E-state index contributed by atoms with van der Waals surface area (Å²) in [5, 5.41) is 23.5. The number of hydrogen-bond donors (Lipinski definition) is 1. The number of rotatable bonds is 3. The first-order valence-corrected chi connectivity index (χ1v) is 6.89. The summed E-state index contributed by atoms with van der Waals surface area (Å²) in [7, 11) is 0. The van der Waals surface area contributed by atoms with Gasteiger partial charge >= 0.3 is 5.69 Å². The third kappa shape index (κ3) is 2.10. The molecule has 0 radical (unpaired) electrons. The molecule has 0 amide bonds. The van der Waals surface area contributed by atoms with Crippen LogP contribution in [0, 0.1) is 21.4 Å². The molecule has 2 aliphatic rings. The molecule has 1 aromatic carbocycles. The largest absolute Gasteiger partial charge is 0.375 e. The predicted octanol–water partition coefficient (Wildman–Crippen LogP) is 2.12. The number of fused-ring (bicyclic) bond motifs is 1. The number of nitro benzene ring substituents is 1. The highest BCUT2D eigenvalue weighted by molar-refractivity contribution is 5.69. The summed E-state index contributed by atoms with van der Waals surface area (Å²) in [6.07, 6.45) is 3.34. The molecule has 1 aromatic rings. The topological polar surface area (TPSA) is 82.2 Å². The van der Waals surface area contributed by atoms with Gasteiger partial charge in [-0.3, -0.25) is 15.0 Å². The molecule has 1 N–H and O–H groups in total. The number of nitriles is 1. The van der Waals surface area contributed by atoms with Gasteiger partial charge in [-0.2, -0.15) is 5.26 Å². The molecule has 0 aromatic heterocycles. The lowest BCUT2D eigenvalue weighted by atomic mass is 10.1. The lowest BCUT2D eigenvalue weighted by Crippen LogP contribution is -2.33. The Hall–Kier alpha value is -2.13. The van der Waals surface area contributed by atoms with Gasteiger partial charge in [0.05, 0.1) is 4.92 Å². The van der Waals surface area contributed by atoms with Crippen LogP contribution >= 0.6 is 0 Å². The van der Waals surface area contributed by atoms with Gasteiger partial charge in [0, 0.05) is 18.6 Å². The highest BCUT2D eigenvalue weighted by atomic mass is 16.6. The van der Waals surface area contributed by atoms with Crippen molar-refractivity contribution in [2.45, 2.75) is 31.3 Å². The zero-order chi connectivity index (χ0) is 14.1. The van der Waals surface area contributed by atoms with Crippen molar-refractivity contribution in [2.75, 3.05) is 18.4 Å². The van der Waals surface area contributed by atoms with E-state index in [1.54, 1.807) is 12.1 Å². The lowest BCUT2D eigenvalue weighted by molar-refractivity contribution is -0.384. The standard InChI is InChI=1S/C14H16N4O2/c15-9-10-3-1-4-12(14(10)18(19)20)16-11-6-8-17-7-2-5-13(11)17/h1,3-4,11,13,16H,2,5-8H2. The predicted molar refractivity (Wildman–Crippen MR) is 74.4 cm³/mol. The lowest BCUT2D eigenvalue weighted by Gasteiger charge is -2.22. The molecule has 2 saturated heterocycles. The Morgan fingerprint density at radius 2 is 2.25 bits per heavy atom. The van der Waals surface area contributed by atoms with Gasteiger partial charge in [-0.1, -0.05) is 6.07 Å². The van der Waals surface area contributed by atoms with E-state index in [0.29, 0.717) is 11.7 Å². The fourth-order valence-electron chi connectivity index (χ4n) is 3.40. The molecule has 0 bridgehead atoms. The summed E-state index contributed by atoms with van der Waals surface area (Å²) in [6.45, 7) is 2.18. The van der Waals surface area contributed by atoms with Crippen molar-refractivity contribution in [3.63, 3.8) is 0 Å². The second-order valence-electron chi connectivity index (χ2n) is 5.36. The first kappa shape index (κ1) is 12.9. The van der Waals surface area contributed by atoms with Crippen LogP contribution in [-0.4, -0.2) is 35.0 Å². The summed E-state index contributed by atoms with van der Waals surface area (Å²) >= 11 is 0. The molecule has 3 rings (SSSR count). The first-order chi connectivity index (χ1) is 9.70.